The number of imide groups is 1. The molecule has 1 heterocycles. The van der Waals surface area contributed by atoms with Gasteiger partial charge in [-0.15, -0.1) is 0 Å². The Morgan fingerprint density at radius 3 is 1.88 bits per heavy atom. The highest BCUT2D eigenvalue weighted by Gasteiger charge is 2.29. The van der Waals surface area contributed by atoms with Crippen molar-refractivity contribution >= 4 is 11.8 Å². The molecule has 0 spiro atoms. The molecule has 0 aliphatic carbocycles. The van der Waals surface area contributed by atoms with Gasteiger partial charge in [0.15, 0.2) is 0 Å². The van der Waals surface area contributed by atoms with E-state index >= 15 is 0 Å². The minimum atomic E-state index is -0.179. The van der Waals surface area contributed by atoms with Crippen molar-refractivity contribution in [3.63, 3.8) is 0 Å². The predicted molar refractivity (Wildman–Crippen MR) is 68.3 cm³/mol. The normalized spacial score (nSPS) is 17.1. The van der Waals surface area contributed by atoms with Crippen LogP contribution in [0.2, 0.25) is 0 Å². The van der Waals surface area contributed by atoms with E-state index in [0.717, 1.165) is 12.8 Å². The molecule has 0 aromatic rings. The topological polar surface area (TPSA) is 37.4 Å². The maximum Gasteiger partial charge on any atom is 0.253 e. The lowest BCUT2D eigenvalue weighted by Crippen LogP contribution is -2.34. The first-order chi connectivity index (χ1) is 7.61. The van der Waals surface area contributed by atoms with E-state index < -0.39 is 0 Å². The van der Waals surface area contributed by atoms with E-state index in [4.69, 9.17) is 0 Å². The average Bonchev–Trinajstić information content (AvgIpc) is 2.39. The molecule has 3 heteroatoms. The summed E-state index contributed by atoms with van der Waals surface area (Å²) in [5.74, 6) is -0.358. The summed E-state index contributed by atoms with van der Waals surface area (Å²) in [6.45, 7) is 11.5. The SMILES string of the molecule is CC(C)(C)CC(C)(C)CCN1C(=O)C=CC1=O. The van der Waals surface area contributed by atoms with Gasteiger partial charge in [0.05, 0.1) is 0 Å². The van der Waals surface area contributed by atoms with Crippen LogP contribution in [-0.4, -0.2) is 23.3 Å². The summed E-state index contributed by atoms with van der Waals surface area (Å²) in [4.78, 5) is 24.1. The van der Waals surface area contributed by atoms with E-state index in [1.165, 1.54) is 17.1 Å². The van der Waals surface area contributed by atoms with Crippen molar-refractivity contribution in [1.82, 2.24) is 4.90 Å². The zero-order valence-corrected chi connectivity index (χ0v) is 11.5. The maximum atomic E-state index is 11.4. The molecule has 0 fully saturated rings. The van der Waals surface area contributed by atoms with Gasteiger partial charge >= 0.3 is 0 Å². The number of hydrogen-bond acceptors (Lipinski definition) is 2. The van der Waals surface area contributed by atoms with Crippen LogP contribution < -0.4 is 0 Å². The van der Waals surface area contributed by atoms with Gasteiger partial charge in [0, 0.05) is 18.7 Å². The summed E-state index contributed by atoms with van der Waals surface area (Å²) in [7, 11) is 0. The third-order valence-corrected chi connectivity index (χ3v) is 2.92. The molecular formula is C14H23NO2. The summed E-state index contributed by atoms with van der Waals surface area (Å²) in [6, 6.07) is 0. The third-order valence-electron chi connectivity index (χ3n) is 2.92. The van der Waals surface area contributed by atoms with Crippen molar-refractivity contribution in [3.8, 4) is 0 Å². The van der Waals surface area contributed by atoms with Crippen LogP contribution >= 0.6 is 0 Å². The van der Waals surface area contributed by atoms with E-state index in [0.29, 0.717) is 6.54 Å². The molecule has 0 N–H and O–H groups in total. The van der Waals surface area contributed by atoms with Crippen molar-refractivity contribution in [2.45, 2.75) is 47.5 Å². The van der Waals surface area contributed by atoms with Crippen LogP contribution in [0, 0.1) is 10.8 Å². The summed E-state index contributed by atoms with van der Waals surface area (Å²) < 4.78 is 0. The van der Waals surface area contributed by atoms with Gasteiger partial charge in [0.1, 0.15) is 0 Å². The molecule has 1 aliphatic rings. The second-order valence-electron chi connectivity index (χ2n) is 6.81. The van der Waals surface area contributed by atoms with Gasteiger partial charge in [0.2, 0.25) is 0 Å². The molecule has 0 unspecified atom stereocenters. The van der Waals surface area contributed by atoms with Crippen molar-refractivity contribution in [1.29, 1.82) is 0 Å². The van der Waals surface area contributed by atoms with Crippen LogP contribution in [0.5, 0.6) is 0 Å². The Labute approximate surface area is 104 Å². The Kier molecular flexibility index (Phi) is 3.80. The van der Waals surface area contributed by atoms with E-state index in [2.05, 4.69) is 34.6 Å². The van der Waals surface area contributed by atoms with Crippen LogP contribution in [0.25, 0.3) is 0 Å². The highest BCUT2D eigenvalue weighted by atomic mass is 16.2. The first-order valence-electron chi connectivity index (χ1n) is 6.14. The second kappa shape index (κ2) is 4.63. The highest BCUT2D eigenvalue weighted by molar-refractivity contribution is 6.12. The lowest BCUT2D eigenvalue weighted by atomic mass is 9.74. The van der Waals surface area contributed by atoms with Crippen LogP contribution in [-0.2, 0) is 9.59 Å². The second-order valence-corrected chi connectivity index (χ2v) is 6.81. The van der Waals surface area contributed by atoms with E-state index in [1.54, 1.807) is 0 Å². The van der Waals surface area contributed by atoms with Crippen molar-refractivity contribution in [2.24, 2.45) is 10.8 Å². The Morgan fingerprint density at radius 2 is 1.47 bits per heavy atom. The van der Waals surface area contributed by atoms with Crippen LogP contribution in [0.4, 0.5) is 0 Å². The molecule has 0 aromatic carbocycles. The summed E-state index contributed by atoms with van der Waals surface area (Å²) in [5, 5.41) is 0. The van der Waals surface area contributed by atoms with Gasteiger partial charge in [-0.25, -0.2) is 0 Å². The van der Waals surface area contributed by atoms with Crippen LogP contribution in [0.1, 0.15) is 47.5 Å². The van der Waals surface area contributed by atoms with Gasteiger partial charge in [-0.3, -0.25) is 14.5 Å². The molecule has 0 aromatic heterocycles. The Hall–Kier alpha value is -1.12. The zero-order valence-electron chi connectivity index (χ0n) is 11.5. The fourth-order valence-electron chi connectivity index (χ4n) is 2.59. The quantitative estimate of drug-likeness (QED) is 0.705. The largest absolute Gasteiger partial charge is 0.275 e. The highest BCUT2D eigenvalue weighted by Crippen LogP contribution is 2.35. The molecular weight excluding hydrogens is 214 g/mol. The fourth-order valence-corrected chi connectivity index (χ4v) is 2.59. The van der Waals surface area contributed by atoms with E-state index in [1.807, 2.05) is 0 Å². The van der Waals surface area contributed by atoms with E-state index in [9.17, 15) is 9.59 Å². The predicted octanol–water partition coefficient (Wildman–Crippen LogP) is 2.76. The number of carbonyl (C=O) groups excluding carboxylic acids is 2. The lowest BCUT2D eigenvalue weighted by Gasteiger charge is -2.33. The summed E-state index contributed by atoms with van der Waals surface area (Å²) >= 11 is 0. The summed E-state index contributed by atoms with van der Waals surface area (Å²) in [5.41, 5.74) is 0.405. The molecule has 1 aliphatic heterocycles. The van der Waals surface area contributed by atoms with Gasteiger partial charge < -0.3 is 0 Å². The molecule has 17 heavy (non-hydrogen) atoms. The molecule has 0 saturated heterocycles. The van der Waals surface area contributed by atoms with Crippen molar-refractivity contribution in [3.05, 3.63) is 12.2 Å². The van der Waals surface area contributed by atoms with Gasteiger partial charge in [-0.2, -0.15) is 0 Å². The lowest BCUT2D eigenvalue weighted by molar-refractivity contribution is -0.137. The van der Waals surface area contributed by atoms with Gasteiger partial charge in [-0.1, -0.05) is 34.6 Å². The minimum Gasteiger partial charge on any atom is -0.275 e. The van der Waals surface area contributed by atoms with Gasteiger partial charge in [0.25, 0.3) is 11.8 Å². The summed E-state index contributed by atoms with van der Waals surface area (Å²) in [6.07, 6.45) is 4.62. The molecule has 0 saturated carbocycles. The number of carbonyl (C=O) groups is 2. The Morgan fingerprint density at radius 1 is 1.00 bits per heavy atom. The van der Waals surface area contributed by atoms with Crippen molar-refractivity contribution < 1.29 is 9.59 Å². The Bertz CT molecular complexity index is 330. The maximum absolute atomic E-state index is 11.4. The number of rotatable bonds is 4. The fraction of sp³-hybridized carbons (Fsp3) is 0.714. The van der Waals surface area contributed by atoms with Gasteiger partial charge in [-0.05, 0) is 23.7 Å². The van der Waals surface area contributed by atoms with Crippen LogP contribution in [0.15, 0.2) is 12.2 Å². The van der Waals surface area contributed by atoms with E-state index in [-0.39, 0.29) is 22.6 Å². The molecule has 3 nitrogen and oxygen atoms in total. The van der Waals surface area contributed by atoms with Crippen molar-refractivity contribution in [2.75, 3.05) is 6.54 Å². The zero-order chi connectivity index (χ0) is 13.3. The average molecular weight is 237 g/mol. The Balaban J connectivity index is 2.50. The first-order valence-corrected chi connectivity index (χ1v) is 6.14. The number of hydrogen-bond donors (Lipinski definition) is 0. The molecule has 2 amide bonds. The molecule has 0 radical (unpaired) electrons. The molecule has 96 valence electrons. The standard InChI is InChI=1S/C14H23NO2/c1-13(2,3)10-14(4,5)8-9-15-11(16)6-7-12(15)17/h6-7H,8-10H2,1-5H3. The molecule has 0 bridgehead atoms. The molecule has 1 rings (SSSR count). The first kappa shape index (κ1) is 13.9. The third kappa shape index (κ3) is 4.33. The number of amides is 2. The minimum absolute atomic E-state index is 0.140. The molecule has 0 atom stereocenters. The number of nitrogens with zero attached hydrogens (tertiary/aromatic N) is 1. The van der Waals surface area contributed by atoms with Crippen LogP contribution in [0.3, 0.4) is 0 Å². The monoisotopic (exact) mass is 237 g/mol. The smallest absolute Gasteiger partial charge is 0.253 e.